The minimum atomic E-state index is -0.194. The van der Waals surface area contributed by atoms with Gasteiger partial charge in [-0.3, -0.25) is 9.59 Å². The van der Waals surface area contributed by atoms with Crippen LogP contribution in [0.5, 0.6) is 0 Å². The Balaban J connectivity index is 1.55. The summed E-state index contributed by atoms with van der Waals surface area (Å²) >= 11 is 1.59. The molecule has 0 atom stereocenters. The summed E-state index contributed by atoms with van der Waals surface area (Å²) < 4.78 is 0. The van der Waals surface area contributed by atoms with Gasteiger partial charge in [-0.2, -0.15) is 0 Å². The van der Waals surface area contributed by atoms with Gasteiger partial charge in [0.2, 0.25) is 0 Å². The largest absolute Gasteiger partial charge is 0.349 e. The molecule has 156 valence electrons. The molecule has 1 aromatic carbocycles. The molecule has 2 aromatic rings. The van der Waals surface area contributed by atoms with Crippen LogP contribution in [-0.4, -0.2) is 23.6 Å². The molecule has 2 amide bonds. The number of rotatable bonds is 3. The van der Waals surface area contributed by atoms with Gasteiger partial charge in [0, 0.05) is 16.5 Å². The van der Waals surface area contributed by atoms with Gasteiger partial charge < -0.3 is 10.6 Å². The van der Waals surface area contributed by atoms with Crippen LogP contribution in [0.15, 0.2) is 23.2 Å². The number of benzene rings is 1. The highest BCUT2D eigenvalue weighted by Gasteiger charge is 2.30. The van der Waals surface area contributed by atoms with E-state index in [-0.39, 0.29) is 17.9 Å². The molecule has 2 heterocycles. The first-order valence-corrected chi connectivity index (χ1v) is 11.9. The highest BCUT2D eigenvalue weighted by molar-refractivity contribution is 7.16. The molecule has 5 nitrogen and oxygen atoms in total. The van der Waals surface area contributed by atoms with Gasteiger partial charge in [0.15, 0.2) is 0 Å². The average Bonchev–Trinajstić information content (AvgIpc) is 3.26. The summed E-state index contributed by atoms with van der Waals surface area (Å²) in [4.78, 5) is 32.1. The molecule has 0 spiro atoms. The van der Waals surface area contributed by atoms with Crippen molar-refractivity contribution < 1.29 is 9.59 Å². The predicted octanol–water partition coefficient (Wildman–Crippen LogP) is 5.07. The molecule has 1 aliphatic heterocycles. The summed E-state index contributed by atoms with van der Waals surface area (Å²) in [5.41, 5.74) is 4.98. The Hall–Kier alpha value is -2.47. The first kappa shape index (κ1) is 19.5. The zero-order chi connectivity index (χ0) is 20.7. The molecule has 0 saturated heterocycles. The molecule has 1 fully saturated rings. The number of amides is 2. The maximum atomic E-state index is 13.3. The van der Waals surface area contributed by atoms with Crippen LogP contribution in [0, 0.1) is 6.92 Å². The topological polar surface area (TPSA) is 70.6 Å². The number of hydrogen-bond acceptors (Lipinski definition) is 4. The lowest BCUT2D eigenvalue weighted by atomic mass is 9.93. The third-order valence-corrected chi connectivity index (χ3v) is 7.61. The van der Waals surface area contributed by atoms with Crippen molar-refractivity contribution in [3.8, 4) is 0 Å². The summed E-state index contributed by atoms with van der Waals surface area (Å²) in [6, 6.07) is 6.14. The number of carbonyl (C=O) groups excluding carboxylic acids is 2. The molecular formula is C24H27N3O2S. The number of fused-ring (bicyclic) bond motifs is 2. The molecule has 6 heteroatoms. The van der Waals surface area contributed by atoms with E-state index in [1.54, 1.807) is 11.3 Å². The summed E-state index contributed by atoms with van der Waals surface area (Å²) in [7, 11) is 0. The Labute approximate surface area is 181 Å². The Morgan fingerprint density at radius 1 is 1.13 bits per heavy atom. The van der Waals surface area contributed by atoms with Crippen molar-refractivity contribution >= 4 is 39.6 Å². The first-order valence-electron chi connectivity index (χ1n) is 11.1. The molecular weight excluding hydrogens is 394 g/mol. The van der Waals surface area contributed by atoms with Gasteiger partial charge in [-0.05, 0) is 63.1 Å². The quantitative estimate of drug-likeness (QED) is 0.726. The van der Waals surface area contributed by atoms with E-state index in [1.807, 2.05) is 25.1 Å². The van der Waals surface area contributed by atoms with Gasteiger partial charge in [0.1, 0.15) is 10.7 Å². The van der Waals surface area contributed by atoms with Crippen LogP contribution in [-0.2, 0) is 17.6 Å². The van der Waals surface area contributed by atoms with Crippen LogP contribution >= 0.6 is 11.3 Å². The lowest BCUT2D eigenvalue weighted by Crippen LogP contribution is -2.36. The maximum absolute atomic E-state index is 13.3. The van der Waals surface area contributed by atoms with E-state index in [4.69, 9.17) is 4.99 Å². The Kier molecular flexibility index (Phi) is 5.19. The van der Waals surface area contributed by atoms with Gasteiger partial charge in [0.25, 0.3) is 11.8 Å². The third kappa shape index (κ3) is 3.58. The summed E-state index contributed by atoms with van der Waals surface area (Å²) in [6.45, 7) is 2.01. The summed E-state index contributed by atoms with van der Waals surface area (Å²) in [5.74, 6) is -0.205. The van der Waals surface area contributed by atoms with E-state index >= 15 is 0 Å². The predicted molar refractivity (Wildman–Crippen MR) is 121 cm³/mol. The monoisotopic (exact) mass is 421 g/mol. The molecule has 30 heavy (non-hydrogen) atoms. The number of nitrogens with zero attached hydrogens (tertiary/aromatic N) is 1. The number of anilines is 1. The van der Waals surface area contributed by atoms with Crippen LogP contribution in [0.4, 0.5) is 10.7 Å². The zero-order valence-corrected chi connectivity index (χ0v) is 18.2. The summed E-state index contributed by atoms with van der Waals surface area (Å²) in [6.07, 6.45) is 9.89. The normalized spacial score (nSPS) is 20.0. The Morgan fingerprint density at radius 3 is 2.77 bits per heavy atom. The SMILES string of the molecule is Cc1ccc2c(c1)C(=Nc1sc3c(c1C(=O)NC1CCCCC1)CCCC3)C(=O)N2. The van der Waals surface area contributed by atoms with Crippen molar-refractivity contribution in [2.75, 3.05) is 5.32 Å². The van der Waals surface area contributed by atoms with Gasteiger partial charge in [0.05, 0.1) is 11.3 Å². The lowest BCUT2D eigenvalue weighted by molar-refractivity contribution is -0.110. The van der Waals surface area contributed by atoms with E-state index in [9.17, 15) is 9.59 Å². The zero-order valence-electron chi connectivity index (χ0n) is 17.3. The number of aliphatic imine (C=N–C) groups is 1. The Morgan fingerprint density at radius 2 is 1.93 bits per heavy atom. The van der Waals surface area contributed by atoms with Crippen molar-refractivity contribution in [2.24, 2.45) is 4.99 Å². The molecule has 0 unspecified atom stereocenters. The number of thiophene rings is 1. The van der Waals surface area contributed by atoms with Crippen LogP contribution < -0.4 is 10.6 Å². The van der Waals surface area contributed by atoms with Gasteiger partial charge in [-0.15, -0.1) is 11.3 Å². The van der Waals surface area contributed by atoms with E-state index in [1.165, 1.54) is 24.1 Å². The van der Waals surface area contributed by atoms with Crippen molar-refractivity contribution in [1.29, 1.82) is 0 Å². The first-order chi connectivity index (χ1) is 14.6. The second-order valence-electron chi connectivity index (χ2n) is 8.66. The third-order valence-electron chi connectivity index (χ3n) is 6.43. The van der Waals surface area contributed by atoms with E-state index in [0.717, 1.165) is 60.9 Å². The Bertz CT molecular complexity index is 1050. The number of hydrogen-bond donors (Lipinski definition) is 2. The molecule has 2 N–H and O–H groups in total. The maximum Gasteiger partial charge on any atom is 0.275 e. The minimum absolute atomic E-state index is 0.0106. The van der Waals surface area contributed by atoms with Gasteiger partial charge in [-0.25, -0.2) is 4.99 Å². The minimum Gasteiger partial charge on any atom is -0.349 e. The molecule has 5 rings (SSSR count). The lowest BCUT2D eigenvalue weighted by Gasteiger charge is -2.23. The van der Waals surface area contributed by atoms with E-state index < -0.39 is 0 Å². The van der Waals surface area contributed by atoms with E-state index in [0.29, 0.717) is 16.3 Å². The molecule has 1 saturated carbocycles. The van der Waals surface area contributed by atoms with Crippen LogP contribution in [0.1, 0.15) is 76.9 Å². The molecule has 1 aromatic heterocycles. The molecule has 0 radical (unpaired) electrons. The van der Waals surface area contributed by atoms with Crippen LogP contribution in [0.25, 0.3) is 0 Å². The highest BCUT2D eigenvalue weighted by atomic mass is 32.1. The van der Waals surface area contributed by atoms with Gasteiger partial charge in [-0.1, -0.05) is 30.9 Å². The fourth-order valence-electron chi connectivity index (χ4n) is 4.85. The van der Waals surface area contributed by atoms with Crippen molar-refractivity contribution in [1.82, 2.24) is 5.32 Å². The standard InChI is InChI=1S/C24H27N3O2S/c1-14-11-12-18-17(13-14)21(23(29)26-18)27-24-20(16-9-5-6-10-19(16)30-24)22(28)25-15-7-3-2-4-8-15/h11-13,15H,2-10H2,1H3,(H,25,28)(H,26,27,29). The highest BCUT2D eigenvalue weighted by Crippen LogP contribution is 2.41. The number of carbonyl (C=O) groups is 2. The van der Waals surface area contributed by atoms with Gasteiger partial charge >= 0.3 is 0 Å². The molecule has 2 aliphatic carbocycles. The smallest absolute Gasteiger partial charge is 0.275 e. The average molecular weight is 422 g/mol. The van der Waals surface area contributed by atoms with Crippen LogP contribution in [0.3, 0.4) is 0 Å². The van der Waals surface area contributed by atoms with Crippen molar-refractivity contribution in [3.63, 3.8) is 0 Å². The van der Waals surface area contributed by atoms with Crippen molar-refractivity contribution in [3.05, 3.63) is 45.3 Å². The molecule has 3 aliphatic rings. The second kappa shape index (κ2) is 7.99. The van der Waals surface area contributed by atoms with E-state index in [2.05, 4.69) is 10.6 Å². The second-order valence-corrected chi connectivity index (χ2v) is 9.75. The number of nitrogens with one attached hydrogen (secondary N) is 2. The number of aryl methyl sites for hydroxylation is 2. The fourth-order valence-corrected chi connectivity index (χ4v) is 6.11. The fraction of sp³-hybridized carbons (Fsp3) is 0.458. The molecule has 0 bridgehead atoms. The van der Waals surface area contributed by atoms with Crippen LogP contribution in [0.2, 0.25) is 0 Å². The van der Waals surface area contributed by atoms with Crippen molar-refractivity contribution in [2.45, 2.75) is 70.8 Å². The summed E-state index contributed by atoms with van der Waals surface area (Å²) in [5, 5.41) is 6.87.